The first-order valence-electron chi connectivity index (χ1n) is 9.48. The molecule has 150 valence electrons. The first kappa shape index (κ1) is 19.3. The second kappa shape index (κ2) is 8.57. The summed E-state index contributed by atoms with van der Waals surface area (Å²) in [6.45, 7) is 2.42. The van der Waals surface area contributed by atoms with Crippen LogP contribution in [0.4, 0.5) is 0 Å². The van der Waals surface area contributed by atoms with E-state index in [1.54, 1.807) is 23.0 Å². The lowest BCUT2D eigenvalue weighted by atomic mass is 10.2. The van der Waals surface area contributed by atoms with Crippen molar-refractivity contribution in [2.75, 3.05) is 0 Å². The van der Waals surface area contributed by atoms with Gasteiger partial charge in [-0.3, -0.25) is 13.9 Å². The van der Waals surface area contributed by atoms with Gasteiger partial charge < -0.3 is 4.74 Å². The van der Waals surface area contributed by atoms with Crippen LogP contribution in [0.15, 0.2) is 77.9 Å². The molecule has 0 saturated heterocycles. The SMILES string of the molecule is Cc1cccc2nc(COC(=O)/C=C/c3cnn(Cc4ccccc4)c3)cc(=O)n12. The maximum absolute atomic E-state index is 12.3. The maximum atomic E-state index is 12.3. The zero-order chi connectivity index (χ0) is 20.9. The van der Waals surface area contributed by atoms with Crippen molar-refractivity contribution >= 4 is 17.7 Å². The summed E-state index contributed by atoms with van der Waals surface area (Å²) >= 11 is 0. The smallest absolute Gasteiger partial charge is 0.331 e. The van der Waals surface area contributed by atoms with Crippen LogP contribution in [-0.2, 0) is 22.7 Å². The number of hydrogen-bond acceptors (Lipinski definition) is 5. The predicted octanol–water partition coefficient (Wildman–Crippen LogP) is 3.00. The lowest BCUT2D eigenvalue weighted by Crippen LogP contribution is -2.18. The highest BCUT2D eigenvalue weighted by Gasteiger charge is 2.06. The molecule has 0 spiro atoms. The van der Waals surface area contributed by atoms with Crippen LogP contribution in [0.2, 0.25) is 0 Å². The van der Waals surface area contributed by atoms with E-state index in [1.165, 1.54) is 16.5 Å². The molecule has 0 unspecified atom stereocenters. The van der Waals surface area contributed by atoms with Gasteiger partial charge >= 0.3 is 5.97 Å². The Morgan fingerprint density at radius 1 is 1.13 bits per heavy atom. The lowest BCUT2D eigenvalue weighted by Gasteiger charge is -2.06. The van der Waals surface area contributed by atoms with Gasteiger partial charge in [0, 0.05) is 29.6 Å². The van der Waals surface area contributed by atoms with Crippen LogP contribution in [-0.4, -0.2) is 25.1 Å². The molecule has 0 aliphatic rings. The Bertz CT molecular complexity index is 1270. The van der Waals surface area contributed by atoms with Gasteiger partial charge in [-0.05, 0) is 30.7 Å². The van der Waals surface area contributed by atoms with Crippen molar-refractivity contribution in [2.45, 2.75) is 20.1 Å². The van der Waals surface area contributed by atoms with Crippen LogP contribution in [0.1, 0.15) is 22.5 Å². The first-order valence-corrected chi connectivity index (χ1v) is 9.48. The third-order valence-electron chi connectivity index (χ3n) is 4.55. The minimum Gasteiger partial charge on any atom is -0.456 e. The van der Waals surface area contributed by atoms with E-state index in [0.717, 1.165) is 16.8 Å². The number of aromatic nitrogens is 4. The molecule has 0 amide bonds. The van der Waals surface area contributed by atoms with Crippen molar-refractivity contribution in [2.24, 2.45) is 0 Å². The van der Waals surface area contributed by atoms with Gasteiger partial charge in [0.2, 0.25) is 0 Å². The molecule has 0 aliphatic heterocycles. The number of esters is 1. The minimum atomic E-state index is -0.517. The van der Waals surface area contributed by atoms with Crippen LogP contribution < -0.4 is 5.56 Å². The summed E-state index contributed by atoms with van der Waals surface area (Å²) in [5.41, 5.74) is 3.46. The molecule has 0 aliphatic carbocycles. The van der Waals surface area contributed by atoms with Crippen LogP contribution >= 0.6 is 0 Å². The third-order valence-corrected chi connectivity index (χ3v) is 4.55. The monoisotopic (exact) mass is 400 g/mol. The fourth-order valence-electron chi connectivity index (χ4n) is 3.12. The molecule has 4 aromatic rings. The summed E-state index contributed by atoms with van der Waals surface area (Å²) in [4.78, 5) is 28.7. The highest BCUT2D eigenvalue weighted by Crippen LogP contribution is 2.07. The van der Waals surface area contributed by atoms with Gasteiger partial charge in [0.15, 0.2) is 0 Å². The zero-order valence-corrected chi connectivity index (χ0v) is 16.4. The quantitative estimate of drug-likeness (QED) is 0.367. The zero-order valence-electron chi connectivity index (χ0n) is 16.4. The molecule has 3 heterocycles. The largest absolute Gasteiger partial charge is 0.456 e. The molecule has 0 fully saturated rings. The molecule has 4 rings (SSSR count). The molecule has 7 nitrogen and oxygen atoms in total. The van der Waals surface area contributed by atoms with Crippen molar-refractivity contribution in [3.05, 3.63) is 106 Å². The molecule has 0 atom stereocenters. The minimum absolute atomic E-state index is 0.0733. The van der Waals surface area contributed by atoms with Crippen molar-refractivity contribution in [1.82, 2.24) is 19.2 Å². The number of pyridine rings is 1. The highest BCUT2D eigenvalue weighted by molar-refractivity contribution is 5.86. The Balaban J connectivity index is 1.37. The van der Waals surface area contributed by atoms with Gasteiger partial charge in [0.25, 0.3) is 5.56 Å². The van der Waals surface area contributed by atoms with Crippen LogP contribution in [0.25, 0.3) is 11.7 Å². The molecule has 0 bridgehead atoms. The topological polar surface area (TPSA) is 78.5 Å². The molecule has 1 aromatic carbocycles. The summed E-state index contributed by atoms with van der Waals surface area (Å²) in [5.74, 6) is -0.517. The number of nitrogens with zero attached hydrogens (tertiary/aromatic N) is 4. The summed E-state index contributed by atoms with van der Waals surface area (Å²) in [5, 5.41) is 4.29. The van der Waals surface area contributed by atoms with Gasteiger partial charge in [-0.25, -0.2) is 9.78 Å². The van der Waals surface area contributed by atoms with Crippen LogP contribution in [0.3, 0.4) is 0 Å². The fraction of sp³-hybridized carbons (Fsp3) is 0.130. The van der Waals surface area contributed by atoms with Gasteiger partial charge in [0.1, 0.15) is 12.3 Å². The molecule has 0 radical (unpaired) electrons. The van der Waals surface area contributed by atoms with E-state index in [1.807, 2.05) is 55.6 Å². The Labute approximate surface area is 172 Å². The number of rotatable bonds is 6. The third kappa shape index (κ3) is 4.52. The number of aryl methyl sites for hydroxylation is 1. The Hall–Kier alpha value is -4.00. The number of fused-ring (bicyclic) bond motifs is 1. The Kier molecular flexibility index (Phi) is 5.52. The molecule has 7 heteroatoms. The van der Waals surface area contributed by atoms with E-state index < -0.39 is 5.97 Å². The normalized spacial score (nSPS) is 11.2. The number of carbonyl (C=O) groups is 1. The Morgan fingerprint density at radius 3 is 2.80 bits per heavy atom. The van der Waals surface area contributed by atoms with E-state index in [2.05, 4.69) is 10.1 Å². The van der Waals surface area contributed by atoms with E-state index in [9.17, 15) is 9.59 Å². The van der Waals surface area contributed by atoms with Gasteiger partial charge in [-0.2, -0.15) is 5.10 Å². The van der Waals surface area contributed by atoms with Gasteiger partial charge in [-0.1, -0.05) is 36.4 Å². The van der Waals surface area contributed by atoms with Crippen LogP contribution in [0, 0.1) is 6.92 Å². The number of benzene rings is 1. The number of hydrogen-bond donors (Lipinski definition) is 0. The summed E-state index contributed by atoms with van der Waals surface area (Å²) < 4.78 is 8.54. The van der Waals surface area contributed by atoms with Gasteiger partial charge in [-0.15, -0.1) is 0 Å². The first-order chi connectivity index (χ1) is 14.6. The second-order valence-corrected chi connectivity index (χ2v) is 6.84. The van der Waals surface area contributed by atoms with E-state index in [4.69, 9.17) is 4.74 Å². The average molecular weight is 400 g/mol. The van der Waals surface area contributed by atoms with Crippen molar-refractivity contribution in [3.63, 3.8) is 0 Å². The van der Waals surface area contributed by atoms with Crippen LogP contribution in [0.5, 0.6) is 0 Å². The van der Waals surface area contributed by atoms with E-state index in [-0.39, 0.29) is 12.2 Å². The van der Waals surface area contributed by atoms with Crippen molar-refractivity contribution < 1.29 is 9.53 Å². The number of carbonyl (C=O) groups excluding carboxylic acids is 1. The maximum Gasteiger partial charge on any atom is 0.331 e. The second-order valence-electron chi connectivity index (χ2n) is 6.84. The molecular formula is C23H20N4O3. The van der Waals surface area contributed by atoms with Crippen molar-refractivity contribution in [1.29, 1.82) is 0 Å². The standard InChI is InChI=1S/C23H20N4O3/c1-17-6-5-9-21-25-20(12-22(28)27(17)21)16-30-23(29)11-10-19-13-24-26(15-19)14-18-7-3-2-4-8-18/h2-13,15H,14,16H2,1H3/b11-10+. The Morgan fingerprint density at radius 2 is 1.97 bits per heavy atom. The lowest BCUT2D eigenvalue weighted by molar-refractivity contribution is -0.139. The average Bonchev–Trinajstić information content (AvgIpc) is 3.18. The molecule has 0 saturated carbocycles. The molecule has 0 N–H and O–H groups in total. The molecule has 3 aromatic heterocycles. The molecular weight excluding hydrogens is 380 g/mol. The van der Waals surface area contributed by atoms with E-state index >= 15 is 0 Å². The summed E-state index contributed by atoms with van der Waals surface area (Å²) in [7, 11) is 0. The highest BCUT2D eigenvalue weighted by atomic mass is 16.5. The summed E-state index contributed by atoms with van der Waals surface area (Å²) in [6.07, 6.45) is 6.51. The molecule has 30 heavy (non-hydrogen) atoms. The summed E-state index contributed by atoms with van der Waals surface area (Å²) in [6, 6.07) is 16.8. The predicted molar refractivity (Wildman–Crippen MR) is 113 cm³/mol. The van der Waals surface area contributed by atoms with E-state index in [0.29, 0.717) is 17.9 Å². The van der Waals surface area contributed by atoms with Crippen molar-refractivity contribution in [3.8, 4) is 0 Å². The van der Waals surface area contributed by atoms with Gasteiger partial charge in [0.05, 0.1) is 18.4 Å². The fourth-order valence-corrected chi connectivity index (χ4v) is 3.12. The number of ether oxygens (including phenoxy) is 1.